The summed E-state index contributed by atoms with van der Waals surface area (Å²) in [6.07, 6.45) is 4.50. The Balaban J connectivity index is 3.83. The van der Waals surface area contributed by atoms with Crippen molar-refractivity contribution < 1.29 is 19.5 Å². The first-order valence-corrected chi connectivity index (χ1v) is 7.27. The number of nitrogens with one attached hydrogen (secondary N) is 3. The molecule has 0 saturated carbocycles. The van der Waals surface area contributed by atoms with E-state index in [0.717, 1.165) is 19.3 Å². The van der Waals surface area contributed by atoms with Gasteiger partial charge in [-0.3, -0.25) is 9.59 Å². The second kappa shape index (κ2) is 10.0. The summed E-state index contributed by atoms with van der Waals surface area (Å²) in [5.74, 6) is -1.66. The molecule has 0 rings (SSSR count). The second-order valence-corrected chi connectivity index (χ2v) is 5.83. The topological polar surface area (TPSA) is 108 Å². The highest BCUT2D eigenvalue weighted by Crippen LogP contribution is 2.22. The average molecular weight is 301 g/mol. The molecule has 0 saturated heterocycles. The number of aliphatic carboxylic acids is 1. The Kier molecular flexibility index (Phi) is 9.16. The molecule has 0 aliphatic heterocycles. The van der Waals surface area contributed by atoms with Gasteiger partial charge in [0, 0.05) is 6.54 Å². The maximum atomic E-state index is 11.5. The number of urea groups is 1. The summed E-state index contributed by atoms with van der Waals surface area (Å²) in [6.45, 7) is 6.15. The SMILES string of the molecule is CCCCCC(C)(C)CNC(=O)NCC(=O)NCC(=O)O. The van der Waals surface area contributed by atoms with E-state index in [-0.39, 0.29) is 12.0 Å². The van der Waals surface area contributed by atoms with Crippen LogP contribution in [0.3, 0.4) is 0 Å². The fourth-order valence-electron chi connectivity index (χ4n) is 1.72. The van der Waals surface area contributed by atoms with Crippen molar-refractivity contribution in [3.63, 3.8) is 0 Å². The Hall–Kier alpha value is -1.79. The highest BCUT2D eigenvalue weighted by molar-refractivity contribution is 5.86. The van der Waals surface area contributed by atoms with Gasteiger partial charge in [0.15, 0.2) is 0 Å². The number of carbonyl (C=O) groups is 3. The summed E-state index contributed by atoms with van der Waals surface area (Å²) in [7, 11) is 0. The van der Waals surface area contributed by atoms with Crippen LogP contribution in [0, 0.1) is 5.41 Å². The van der Waals surface area contributed by atoms with Crippen molar-refractivity contribution in [1.82, 2.24) is 16.0 Å². The molecule has 122 valence electrons. The monoisotopic (exact) mass is 301 g/mol. The molecule has 0 fully saturated rings. The molecule has 0 bridgehead atoms. The highest BCUT2D eigenvalue weighted by Gasteiger charge is 2.18. The summed E-state index contributed by atoms with van der Waals surface area (Å²) in [5, 5.41) is 15.7. The third-order valence-corrected chi connectivity index (χ3v) is 3.03. The normalized spacial score (nSPS) is 10.8. The first-order chi connectivity index (χ1) is 9.76. The van der Waals surface area contributed by atoms with Gasteiger partial charge >= 0.3 is 12.0 Å². The lowest BCUT2D eigenvalue weighted by Gasteiger charge is -2.25. The van der Waals surface area contributed by atoms with Crippen molar-refractivity contribution >= 4 is 17.9 Å². The Bertz CT molecular complexity index is 356. The quantitative estimate of drug-likeness (QED) is 0.453. The van der Waals surface area contributed by atoms with Crippen LogP contribution in [0.1, 0.15) is 46.5 Å². The number of amides is 3. The van der Waals surface area contributed by atoms with E-state index in [0.29, 0.717) is 6.54 Å². The number of carboxylic acid groups (broad SMARTS) is 1. The number of carbonyl (C=O) groups excluding carboxylic acids is 2. The number of unbranched alkanes of at least 4 members (excludes halogenated alkanes) is 2. The molecule has 0 aromatic carbocycles. The van der Waals surface area contributed by atoms with Crippen LogP contribution in [0.15, 0.2) is 0 Å². The van der Waals surface area contributed by atoms with Crippen LogP contribution >= 0.6 is 0 Å². The molecule has 3 amide bonds. The Morgan fingerprint density at radius 1 is 1.00 bits per heavy atom. The van der Waals surface area contributed by atoms with Crippen LogP contribution in [-0.4, -0.2) is 42.6 Å². The van der Waals surface area contributed by atoms with Crippen molar-refractivity contribution in [2.24, 2.45) is 5.41 Å². The van der Waals surface area contributed by atoms with Crippen molar-refractivity contribution in [3.8, 4) is 0 Å². The molecule has 0 aromatic heterocycles. The van der Waals surface area contributed by atoms with E-state index < -0.39 is 24.5 Å². The number of hydrogen-bond acceptors (Lipinski definition) is 3. The van der Waals surface area contributed by atoms with Gasteiger partial charge in [-0.1, -0.05) is 40.0 Å². The van der Waals surface area contributed by atoms with Crippen molar-refractivity contribution in [2.45, 2.75) is 46.5 Å². The fourth-order valence-corrected chi connectivity index (χ4v) is 1.72. The van der Waals surface area contributed by atoms with Gasteiger partial charge in [-0.2, -0.15) is 0 Å². The minimum absolute atomic E-state index is 0.0120. The molecule has 0 unspecified atom stereocenters. The lowest BCUT2D eigenvalue weighted by Crippen LogP contribution is -2.45. The van der Waals surface area contributed by atoms with Crippen molar-refractivity contribution in [3.05, 3.63) is 0 Å². The largest absolute Gasteiger partial charge is 0.480 e. The predicted octanol–water partition coefficient (Wildman–Crippen LogP) is 1.09. The lowest BCUT2D eigenvalue weighted by atomic mass is 9.87. The Labute approximate surface area is 125 Å². The summed E-state index contributed by atoms with van der Waals surface area (Å²) in [5.41, 5.74) is 0.0120. The van der Waals surface area contributed by atoms with Gasteiger partial charge in [0.25, 0.3) is 0 Å². The maximum Gasteiger partial charge on any atom is 0.322 e. The van der Waals surface area contributed by atoms with E-state index in [2.05, 4.69) is 36.7 Å². The number of carboxylic acids is 1. The predicted molar refractivity (Wildman–Crippen MR) is 80.0 cm³/mol. The van der Waals surface area contributed by atoms with Gasteiger partial charge in [0.1, 0.15) is 6.54 Å². The second-order valence-electron chi connectivity index (χ2n) is 5.83. The molecule has 0 spiro atoms. The first kappa shape index (κ1) is 19.2. The zero-order valence-electron chi connectivity index (χ0n) is 13.1. The van der Waals surface area contributed by atoms with Crippen molar-refractivity contribution in [2.75, 3.05) is 19.6 Å². The molecular weight excluding hydrogens is 274 g/mol. The number of hydrogen-bond donors (Lipinski definition) is 4. The van der Waals surface area contributed by atoms with Gasteiger partial charge in [0.05, 0.1) is 6.54 Å². The molecule has 0 aromatic rings. The first-order valence-electron chi connectivity index (χ1n) is 7.27. The van der Waals surface area contributed by atoms with Gasteiger partial charge in [-0.05, 0) is 11.8 Å². The highest BCUT2D eigenvalue weighted by atomic mass is 16.4. The van der Waals surface area contributed by atoms with Gasteiger partial charge in [-0.25, -0.2) is 4.79 Å². The molecule has 0 atom stereocenters. The van der Waals surface area contributed by atoms with E-state index in [1.54, 1.807) is 0 Å². The lowest BCUT2D eigenvalue weighted by molar-refractivity contribution is -0.137. The summed E-state index contributed by atoms with van der Waals surface area (Å²) in [4.78, 5) is 33.0. The molecular formula is C14H27N3O4. The molecule has 0 aliphatic carbocycles. The van der Waals surface area contributed by atoms with Gasteiger partial charge in [0.2, 0.25) is 5.91 Å². The van der Waals surface area contributed by atoms with Crippen LogP contribution in [0.2, 0.25) is 0 Å². The Morgan fingerprint density at radius 2 is 1.67 bits per heavy atom. The van der Waals surface area contributed by atoms with E-state index in [1.807, 2.05) is 0 Å². The molecule has 21 heavy (non-hydrogen) atoms. The zero-order valence-corrected chi connectivity index (χ0v) is 13.1. The average Bonchev–Trinajstić information content (AvgIpc) is 2.41. The van der Waals surface area contributed by atoms with E-state index in [4.69, 9.17) is 5.11 Å². The molecule has 7 heteroatoms. The molecule has 0 aliphatic rings. The zero-order chi connectivity index (χ0) is 16.3. The molecule has 0 heterocycles. The maximum absolute atomic E-state index is 11.5. The van der Waals surface area contributed by atoms with Gasteiger partial charge in [-0.15, -0.1) is 0 Å². The third kappa shape index (κ3) is 11.7. The van der Waals surface area contributed by atoms with Crippen LogP contribution in [0.25, 0.3) is 0 Å². The van der Waals surface area contributed by atoms with E-state index in [1.165, 1.54) is 6.42 Å². The fraction of sp³-hybridized carbons (Fsp3) is 0.786. The summed E-state index contributed by atoms with van der Waals surface area (Å²) in [6, 6.07) is -0.427. The Morgan fingerprint density at radius 3 is 2.24 bits per heavy atom. The van der Waals surface area contributed by atoms with Crippen molar-refractivity contribution in [1.29, 1.82) is 0 Å². The molecule has 4 N–H and O–H groups in total. The molecule has 0 radical (unpaired) electrons. The van der Waals surface area contributed by atoms with E-state index >= 15 is 0 Å². The van der Waals surface area contributed by atoms with Crippen LogP contribution in [-0.2, 0) is 9.59 Å². The van der Waals surface area contributed by atoms with Gasteiger partial charge < -0.3 is 21.1 Å². The number of rotatable bonds is 10. The summed E-state index contributed by atoms with van der Waals surface area (Å²) < 4.78 is 0. The van der Waals surface area contributed by atoms with Crippen LogP contribution in [0.4, 0.5) is 4.79 Å². The minimum Gasteiger partial charge on any atom is -0.480 e. The minimum atomic E-state index is -1.12. The van der Waals surface area contributed by atoms with Crippen LogP contribution in [0.5, 0.6) is 0 Å². The van der Waals surface area contributed by atoms with Crippen LogP contribution < -0.4 is 16.0 Å². The summed E-state index contributed by atoms with van der Waals surface area (Å²) >= 11 is 0. The van der Waals surface area contributed by atoms with E-state index in [9.17, 15) is 14.4 Å². The third-order valence-electron chi connectivity index (χ3n) is 3.03. The smallest absolute Gasteiger partial charge is 0.322 e. The standard InChI is InChI=1S/C14H27N3O4/c1-4-5-6-7-14(2,3)10-17-13(21)16-8-11(18)15-9-12(19)20/h4-10H2,1-3H3,(H,15,18)(H,19,20)(H2,16,17,21). The molecule has 7 nitrogen and oxygen atoms in total.